The van der Waals surface area contributed by atoms with Crippen molar-refractivity contribution in [2.45, 2.75) is 102 Å². The van der Waals surface area contributed by atoms with Crippen LogP contribution in [0.25, 0.3) is 0 Å². The summed E-state index contributed by atoms with van der Waals surface area (Å²) >= 11 is 0. The van der Waals surface area contributed by atoms with Gasteiger partial charge in [0.05, 0.1) is 38.3 Å². The molecule has 3 N–H and O–H groups in total. The summed E-state index contributed by atoms with van der Waals surface area (Å²) in [6, 6.07) is 6.95. The van der Waals surface area contributed by atoms with E-state index in [0.717, 1.165) is 55.6 Å². The number of carbonyl (C=O) groups is 3. The number of amides is 2. The second-order valence-corrected chi connectivity index (χ2v) is 11.6. The molecule has 216 valence electrons. The van der Waals surface area contributed by atoms with Gasteiger partial charge in [-0.1, -0.05) is 69.2 Å². The summed E-state index contributed by atoms with van der Waals surface area (Å²) in [5.41, 5.74) is 2.01. The van der Waals surface area contributed by atoms with Crippen molar-refractivity contribution >= 4 is 17.8 Å². The third-order valence-corrected chi connectivity index (χ3v) is 8.94. The van der Waals surface area contributed by atoms with Gasteiger partial charge in [-0.25, -0.2) is 0 Å². The van der Waals surface area contributed by atoms with Crippen LogP contribution in [-0.4, -0.2) is 61.4 Å². The predicted molar refractivity (Wildman–Crippen MR) is 148 cm³/mol. The number of hydrogen-bond acceptors (Lipinski definition) is 6. The maximum atomic E-state index is 13.4. The van der Waals surface area contributed by atoms with Gasteiger partial charge in [0, 0.05) is 6.54 Å². The van der Waals surface area contributed by atoms with Crippen LogP contribution in [-0.2, 0) is 36.7 Å². The van der Waals surface area contributed by atoms with E-state index in [0.29, 0.717) is 6.54 Å². The zero-order chi connectivity index (χ0) is 27.6. The van der Waals surface area contributed by atoms with E-state index in [-0.39, 0.29) is 48.2 Å². The fourth-order valence-electron chi connectivity index (χ4n) is 6.80. The number of carbonyl (C=O) groups excluding carboxylic acids is 3. The molecule has 0 radical (unpaired) electrons. The number of fused-ring (bicyclic) bond motifs is 2. The number of aryl methyl sites for hydroxylation is 1. The maximum Gasteiger partial charge on any atom is 0.309 e. The molecule has 1 aliphatic carbocycles. The van der Waals surface area contributed by atoms with Gasteiger partial charge in [0.15, 0.2) is 0 Å². The average molecular weight is 543 g/mol. The highest BCUT2D eigenvalue weighted by Gasteiger charge is 2.52. The highest BCUT2D eigenvalue weighted by Crippen LogP contribution is 2.45. The summed E-state index contributed by atoms with van der Waals surface area (Å²) in [7, 11) is 1.39. The standard InChI is InChI=1S/C31H46N2O6/c1-38-28(35)19-23-12-7-11-22(18-23)13-14-24-26-15-16-27(39-26)29(24)31(37)33-25(20-34)30(36)32-17-6-5-10-21-8-3-2-4-9-21/h7,11-12,18,21,24-27,29,34H,2-6,8-10,13-17,19-20H2,1H3,(H,32,36)(H,33,37)/t24-,25-,26-,27+,29-/m0/s1. The van der Waals surface area contributed by atoms with Crippen molar-refractivity contribution in [3.05, 3.63) is 35.4 Å². The fourth-order valence-corrected chi connectivity index (χ4v) is 6.80. The first-order valence-electron chi connectivity index (χ1n) is 15.0. The Balaban J connectivity index is 1.24. The van der Waals surface area contributed by atoms with E-state index >= 15 is 0 Å². The summed E-state index contributed by atoms with van der Waals surface area (Å²) in [5.74, 6) is -0.258. The number of unbranched alkanes of at least 4 members (excludes halogenated alkanes) is 1. The van der Waals surface area contributed by atoms with Gasteiger partial charge in [-0.05, 0) is 55.1 Å². The van der Waals surface area contributed by atoms with Crippen molar-refractivity contribution < 1.29 is 29.0 Å². The number of benzene rings is 1. The second-order valence-electron chi connectivity index (χ2n) is 11.6. The van der Waals surface area contributed by atoms with Crippen LogP contribution in [0.3, 0.4) is 0 Å². The van der Waals surface area contributed by atoms with Crippen molar-refractivity contribution in [1.82, 2.24) is 10.6 Å². The van der Waals surface area contributed by atoms with Gasteiger partial charge in [-0.15, -0.1) is 0 Å². The lowest BCUT2D eigenvalue weighted by molar-refractivity contribution is -0.139. The number of esters is 1. The molecule has 2 saturated heterocycles. The molecule has 1 saturated carbocycles. The van der Waals surface area contributed by atoms with Crippen LogP contribution >= 0.6 is 0 Å². The van der Waals surface area contributed by atoms with Gasteiger partial charge in [0.25, 0.3) is 0 Å². The van der Waals surface area contributed by atoms with Crippen LogP contribution < -0.4 is 10.6 Å². The van der Waals surface area contributed by atoms with Gasteiger partial charge in [0.1, 0.15) is 6.04 Å². The van der Waals surface area contributed by atoms with Gasteiger partial charge >= 0.3 is 5.97 Å². The zero-order valence-corrected chi connectivity index (χ0v) is 23.4. The molecule has 2 aliphatic heterocycles. The minimum absolute atomic E-state index is 0.0366. The molecule has 4 rings (SSSR count). The molecule has 1 aromatic carbocycles. The maximum absolute atomic E-state index is 13.4. The Morgan fingerprint density at radius 3 is 2.56 bits per heavy atom. The molecule has 0 spiro atoms. The summed E-state index contributed by atoms with van der Waals surface area (Å²) in [4.78, 5) is 37.7. The van der Waals surface area contributed by atoms with E-state index in [2.05, 4.69) is 10.6 Å². The number of ether oxygens (including phenoxy) is 2. The number of aliphatic hydroxyl groups excluding tert-OH is 1. The third-order valence-electron chi connectivity index (χ3n) is 8.94. The van der Waals surface area contributed by atoms with Gasteiger partial charge in [-0.3, -0.25) is 14.4 Å². The first kappa shape index (κ1) is 29.5. The topological polar surface area (TPSA) is 114 Å². The summed E-state index contributed by atoms with van der Waals surface area (Å²) in [6.07, 6.45) is 13.4. The van der Waals surface area contributed by atoms with Gasteiger partial charge in [0.2, 0.25) is 11.8 Å². The van der Waals surface area contributed by atoms with Crippen LogP contribution in [0.1, 0.15) is 81.8 Å². The quantitative estimate of drug-likeness (QED) is 0.245. The van der Waals surface area contributed by atoms with E-state index in [9.17, 15) is 19.5 Å². The molecule has 2 heterocycles. The lowest BCUT2D eigenvalue weighted by Gasteiger charge is -2.28. The molecule has 3 aliphatic rings. The third kappa shape index (κ3) is 8.27. The lowest BCUT2D eigenvalue weighted by atomic mass is 9.76. The van der Waals surface area contributed by atoms with E-state index in [4.69, 9.17) is 9.47 Å². The van der Waals surface area contributed by atoms with E-state index in [1.165, 1.54) is 45.6 Å². The molecule has 8 heteroatoms. The van der Waals surface area contributed by atoms with Crippen LogP contribution in [0.5, 0.6) is 0 Å². The Labute approximate surface area is 232 Å². The Morgan fingerprint density at radius 2 is 1.79 bits per heavy atom. The molecule has 39 heavy (non-hydrogen) atoms. The van der Waals surface area contributed by atoms with Crippen molar-refractivity contribution in [2.24, 2.45) is 17.8 Å². The van der Waals surface area contributed by atoms with Crippen LogP contribution in [0.15, 0.2) is 24.3 Å². The van der Waals surface area contributed by atoms with Gasteiger partial charge < -0.3 is 25.2 Å². The summed E-state index contributed by atoms with van der Waals surface area (Å²) < 4.78 is 10.9. The summed E-state index contributed by atoms with van der Waals surface area (Å²) in [5, 5.41) is 15.6. The van der Waals surface area contributed by atoms with E-state index in [1.54, 1.807) is 0 Å². The molecular formula is C31H46N2O6. The van der Waals surface area contributed by atoms with Crippen LogP contribution in [0, 0.1) is 17.8 Å². The molecule has 2 amide bonds. The largest absolute Gasteiger partial charge is 0.469 e. The van der Waals surface area contributed by atoms with Crippen molar-refractivity contribution in [3.8, 4) is 0 Å². The number of hydrogen-bond donors (Lipinski definition) is 3. The molecule has 0 unspecified atom stereocenters. The van der Waals surface area contributed by atoms with Crippen molar-refractivity contribution in [2.75, 3.05) is 20.3 Å². The SMILES string of the molecule is COC(=O)Cc1cccc(CC[C@@H]2[C@H](C(=O)N[C@@H](CO)C(=O)NCCCCC3CCCCC3)[C@H]3CC[C@@H]2O3)c1. The molecular weight excluding hydrogens is 496 g/mol. The first-order chi connectivity index (χ1) is 19.0. The highest BCUT2D eigenvalue weighted by atomic mass is 16.5. The molecule has 8 nitrogen and oxygen atoms in total. The second kappa shape index (κ2) is 14.8. The summed E-state index contributed by atoms with van der Waals surface area (Å²) in [6.45, 7) is 0.131. The molecule has 1 aromatic rings. The van der Waals surface area contributed by atoms with Crippen LogP contribution in [0.4, 0.5) is 0 Å². The van der Waals surface area contributed by atoms with E-state index < -0.39 is 12.6 Å². The number of aliphatic hydroxyl groups is 1. The molecule has 5 atom stereocenters. The van der Waals surface area contributed by atoms with Crippen molar-refractivity contribution in [3.63, 3.8) is 0 Å². The monoisotopic (exact) mass is 542 g/mol. The molecule has 0 aromatic heterocycles. The average Bonchev–Trinajstić information content (AvgIpc) is 3.57. The number of nitrogens with one attached hydrogen (secondary N) is 2. The fraction of sp³-hybridized carbons (Fsp3) is 0.710. The first-order valence-corrected chi connectivity index (χ1v) is 15.0. The lowest BCUT2D eigenvalue weighted by Crippen LogP contribution is -2.52. The van der Waals surface area contributed by atoms with E-state index in [1.807, 2.05) is 24.3 Å². The molecule has 3 fully saturated rings. The Morgan fingerprint density at radius 1 is 1.03 bits per heavy atom. The van der Waals surface area contributed by atoms with Crippen molar-refractivity contribution in [1.29, 1.82) is 0 Å². The normalized spacial score (nSPS) is 25.3. The Hall–Kier alpha value is -2.45. The zero-order valence-electron chi connectivity index (χ0n) is 23.4. The number of methoxy groups -OCH3 is 1. The molecule has 2 bridgehead atoms. The minimum Gasteiger partial charge on any atom is -0.469 e. The Kier molecular flexibility index (Phi) is 11.2. The Bertz CT molecular complexity index is 962. The van der Waals surface area contributed by atoms with Gasteiger partial charge in [-0.2, -0.15) is 0 Å². The highest BCUT2D eigenvalue weighted by molar-refractivity contribution is 5.89. The minimum atomic E-state index is -0.953. The smallest absolute Gasteiger partial charge is 0.309 e. The predicted octanol–water partition coefficient (Wildman–Crippen LogP) is 3.47. The number of rotatable bonds is 14. The van der Waals surface area contributed by atoms with Crippen LogP contribution in [0.2, 0.25) is 0 Å².